The molecule has 1 aliphatic rings. The van der Waals surface area contributed by atoms with E-state index in [0.29, 0.717) is 31.1 Å². The van der Waals surface area contributed by atoms with E-state index in [9.17, 15) is 14.7 Å². The molecule has 3 rings (SSSR count). The molecule has 1 unspecified atom stereocenters. The monoisotopic (exact) mass is 458 g/mol. The van der Waals surface area contributed by atoms with Crippen LogP contribution in [0.15, 0.2) is 48.7 Å². The first-order valence-electron chi connectivity index (χ1n) is 10.7. The Labute approximate surface area is 194 Å². The van der Waals surface area contributed by atoms with Crippen LogP contribution in [0.5, 0.6) is 0 Å². The summed E-state index contributed by atoms with van der Waals surface area (Å²) in [5.41, 5.74) is -0.450. The van der Waals surface area contributed by atoms with Crippen molar-refractivity contribution in [3.8, 4) is 0 Å². The molecule has 3 N–H and O–H groups in total. The molecular weight excluding hydrogens is 428 g/mol. The zero-order valence-corrected chi connectivity index (χ0v) is 19.5. The van der Waals surface area contributed by atoms with Crippen LogP contribution in [-0.2, 0) is 10.4 Å². The van der Waals surface area contributed by atoms with Crippen LogP contribution in [0.3, 0.4) is 0 Å². The van der Waals surface area contributed by atoms with E-state index in [1.54, 1.807) is 37.3 Å². The summed E-state index contributed by atoms with van der Waals surface area (Å²) in [5.74, 6) is 5.31. The minimum Gasteiger partial charge on any atom is -0.385 e. The number of aromatic nitrogens is 1. The fraction of sp³-hybridized carbons (Fsp3) is 0.458. The van der Waals surface area contributed by atoms with Crippen molar-refractivity contribution in [3.05, 3.63) is 64.9 Å². The van der Waals surface area contributed by atoms with Crippen LogP contribution in [0, 0.1) is 11.3 Å². The highest BCUT2D eigenvalue weighted by Crippen LogP contribution is 2.46. The summed E-state index contributed by atoms with van der Waals surface area (Å²) in [7, 11) is 0. The minimum absolute atomic E-state index is 0.231. The third-order valence-electron chi connectivity index (χ3n) is 6.59. The Bertz CT molecular complexity index is 938. The summed E-state index contributed by atoms with van der Waals surface area (Å²) in [6.45, 7) is 7.36. The van der Waals surface area contributed by atoms with Crippen molar-refractivity contribution in [2.24, 2.45) is 17.2 Å². The summed E-state index contributed by atoms with van der Waals surface area (Å²) in [6, 6.07) is 11.8. The average molecular weight is 459 g/mol. The van der Waals surface area contributed by atoms with E-state index >= 15 is 0 Å². The van der Waals surface area contributed by atoms with Crippen molar-refractivity contribution in [1.29, 1.82) is 0 Å². The van der Waals surface area contributed by atoms with Crippen LogP contribution < -0.4 is 5.84 Å². The van der Waals surface area contributed by atoms with Crippen molar-refractivity contribution >= 4 is 23.8 Å². The lowest BCUT2D eigenvalue weighted by molar-refractivity contribution is -0.129. The van der Waals surface area contributed by atoms with Gasteiger partial charge in [-0.2, -0.15) is 0 Å². The fourth-order valence-corrected chi connectivity index (χ4v) is 4.60. The molecule has 1 fully saturated rings. The molecule has 32 heavy (non-hydrogen) atoms. The number of carbonyl (C=O) groups is 2. The number of amides is 1. The van der Waals surface area contributed by atoms with Gasteiger partial charge in [0, 0.05) is 42.2 Å². The minimum atomic E-state index is -1.02. The average Bonchev–Trinajstić information content (AvgIpc) is 2.79. The van der Waals surface area contributed by atoms with Gasteiger partial charge in [0.05, 0.1) is 11.6 Å². The first-order chi connectivity index (χ1) is 15.1. The summed E-state index contributed by atoms with van der Waals surface area (Å²) >= 11 is 6.02. The molecule has 172 valence electrons. The van der Waals surface area contributed by atoms with Gasteiger partial charge in [0.15, 0.2) is 0 Å². The van der Waals surface area contributed by atoms with Gasteiger partial charge in [0.1, 0.15) is 12.0 Å². The molecule has 0 saturated carbocycles. The fourth-order valence-electron chi connectivity index (χ4n) is 4.48. The molecule has 1 aromatic carbocycles. The normalized spacial score (nSPS) is 22.7. The number of halogens is 1. The maximum absolute atomic E-state index is 12.8. The second kappa shape index (κ2) is 9.67. The highest BCUT2D eigenvalue weighted by Gasteiger charge is 2.49. The van der Waals surface area contributed by atoms with Crippen molar-refractivity contribution in [3.63, 3.8) is 0 Å². The van der Waals surface area contributed by atoms with Crippen LogP contribution in [0.2, 0.25) is 5.02 Å². The predicted molar refractivity (Wildman–Crippen MR) is 124 cm³/mol. The number of pyridine rings is 1. The first kappa shape index (κ1) is 24.3. The van der Waals surface area contributed by atoms with Crippen LogP contribution >= 0.6 is 11.6 Å². The third-order valence-corrected chi connectivity index (χ3v) is 6.84. The van der Waals surface area contributed by atoms with Crippen molar-refractivity contribution in [2.75, 3.05) is 19.6 Å². The number of nitrogens with zero attached hydrogens (tertiary/aromatic N) is 3. The van der Waals surface area contributed by atoms with Crippen molar-refractivity contribution in [2.45, 2.75) is 38.8 Å². The zero-order valence-electron chi connectivity index (χ0n) is 18.7. The first-order valence-corrected chi connectivity index (χ1v) is 11.1. The van der Waals surface area contributed by atoms with Gasteiger partial charge in [-0.1, -0.05) is 50.6 Å². The lowest BCUT2D eigenvalue weighted by Crippen LogP contribution is -2.60. The highest BCUT2D eigenvalue weighted by atomic mass is 35.5. The van der Waals surface area contributed by atoms with Gasteiger partial charge in [-0.3, -0.25) is 14.8 Å². The Morgan fingerprint density at radius 3 is 2.56 bits per heavy atom. The molecule has 1 amide bonds. The molecule has 1 aromatic heterocycles. The number of aldehydes is 1. The maximum Gasteiger partial charge on any atom is 0.286 e. The molecule has 0 bridgehead atoms. The molecule has 0 radical (unpaired) electrons. The van der Waals surface area contributed by atoms with Gasteiger partial charge in [0.25, 0.3) is 5.91 Å². The van der Waals surface area contributed by atoms with Crippen LogP contribution in [0.4, 0.5) is 0 Å². The van der Waals surface area contributed by atoms with Gasteiger partial charge in [-0.05, 0) is 36.2 Å². The largest absolute Gasteiger partial charge is 0.385 e. The smallest absolute Gasteiger partial charge is 0.286 e. The van der Waals surface area contributed by atoms with E-state index < -0.39 is 28.9 Å². The Kier molecular flexibility index (Phi) is 7.35. The quantitative estimate of drug-likeness (QED) is 0.286. The van der Waals surface area contributed by atoms with E-state index in [1.165, 1.54) is 6.20 Å². The van der Waals surface area contributed by atoms with Gasteiger partial charge in [0.2, 0.25) is 0 Å². The lowest BCUT2D eigenvalue weighted by atomic mass is 9.66. The Morgan fingerprint density at radius 1 is 1.31 bits per heavy atom. The Balaban J connectivity index is 1.78. The van der Waals surface area contributed by atoms with Gasteiger partial charge >= 0.3 is 0 Å². The molecular formula is C24H31ClN4O3. The molecule has 1 aliphatic heterocycles. The molecule has 0 aliphatic carbocycles. The Hall–Kier alpha value is -2.32. The number of carbonyl (C=O) groups excluding carboxylic acids is 2. The number of hydrogen-bond donors (Lipinski definition) is 2. The van der Waals surface area contributed by atoms with E-state index in [4.69, 9.17) is 17.4 Å². The zero-order chi connectivity index (χ0) is 23.5. The van der Waals surface area contributed by atoms with E-state index in [1.807, 2.05) is 26.0 Å². The Morgan fingerprint density at radius 2 is 2.00 bits per heavy atom. The number of piperidine rings is 1. The molecule has 3 atom stereocenters. The number of hydrazine groups is 1. The second-order valence-electron chi connectivity index (χ2n) is 9.23. The summed E-state index contributed by atoms with van der Waals surface area (Å²) < 4.78 is 0. The number of benzene rings is 1. The third kappa shape index (κ3) is 4.86. The molecule has 7 nitrogen and oxygen atoms in total. The van der Waals surface area contributed by atoms with Gasteiger partial charge in [-0.25, -0.2) is 5.84 Å². The number of hydrogen-bond acceptors (Lipinski definition) is 6. The molecule has 8 heteroatoms. The van der Waals surface area contributed by atoms with E-state index in [2.05, 4.69) is 9.88 Å². The molecule has 0 spiro atoms. The number of nitrogens with two attached hydrogens (primary N) is 1. The molecule has 2 aromatic rings. The predicted octanol–water partition coefficient (Wildman–Crippen LogP) is 2.87. The van der Waals surface area contributed by atoms with Crippen LogP contribution in [-0.4, -0.2) is 57.9 Å². The molecule has 1 saturated heterocycles. The summed E-state index contributed by atoms with van der Waals surface area (Å²) in [5, 5.41) is 13.3. The van der Waals surface area contributed by atoms with Crippen molar-refractivity contribution < 1.29 is 14.7 Å². The number of rotatable bonds is 7. The van der Waals surface area contributed by atoms with E-state index in [-0.39, 0.29) is 5.69 Å². The standard InChI is InChI=1S/C24H31ClN4O3/c1-17(15-30)21(29(26)22(31)20-6-4-5-12-27-20)14-28-13-11-24(32,23(2,3)16-28)18-7-9-19(25)10-8-18/h4-10,12,15,17,21,32H,11,13-14,16,26H2,1-3H3/t17-,21?,24-/m0/s1. The number of likely N-dealkylation sites (tertiary alicyclic amines) is 1. The van der Waals surface area contributed by atoms with Crippen LogP contribution in [0.25, 0.3) is 0 Å². The summed E-state index contributed by atoms with van der Waals surface area (Å²) in [4.78, 5) is 30.7. The van der Waals surface area contributed by atoms with Crippen molar-refractivity contribution in [1.82, 2.24) is 14.9 Å². The molecule has 2 heterocycles. The number of aliphatic hydroxyl groups is 1. The summed E-state index contributed by atoms with van der Waals surface area (Å²) in [6.07, 6.45) is 2.85. The maximum atomic E-state index is 12.8. The van der Waals surface area contributed by atoms with E-state index in [0.717, 1.165) is 16.9 Å². The lowest BCUT2D eigenvalue weighted by Gasteiger charge is -2.51. The van der Waals surface area contributed by atoms with Crippen LogP contribution in [0.1, 0.15) is 43.2 Å². The van der Waals surface area contributed by atoms with Gasteiger partial charge in [-0.15, -0.1) is 0 Å². The highest BCUT2D eigenvalue weighted by molar-refractivity contribution is 6.30. The van der Waals surface area contributed by atoms with Gasteiger partial charge < -0.3 is 14.8 Å². The second-order valence-corrected chi connectivity index (χ2v) is 9.66. The SMILES string of the molecule is C[C@@H](C=O)C(CN1CC[C@](O)(c2ccc(Cl)cc2)C(C)(C)C1)N(N)C(=O)c1ccccn1. The topological polar surface area (TPSA) is 99.8 Å².